The van der Waals surface area contributed by atoms with Gasteiger partial charge in [0.1, 0.15) is 12.6 Å². The number of amides is 2. The molecule has 0 spiro atoms. The maximum absolute atomic E-state index is 13.5. The molecular formula is C26H37N3O4S. The molecule has 2 aromatic carbocycles. The van der Waals surface area contributed by atoms with Crippen LogP contribution in [0.5, 0.6) is 0 Å². The molecule has 0 aliphatic carbocycles. The van der Waals surface area contributed by atoms with Crippen molar-refractivity contribution in [3.63, 3.8) is 0 Å². The molecule has 2 amide bonds. The minimum Gasteiger partial charge on any atom is -0.354 e. The fraction of sp³-hybridized carbons (Fsp3) is 0.462. The van der Waals surface area contributed by atoms with E-state index in [2.05, 4.69) is 5.32 Å². The van der Waals surface area contributed by atoms with Crippen LogP contribution in [-0.2, 0) is 26.2 Å². The van der Waals surface area contributed by atoms with Crippen molar-refractivity contribution in [2.75, 3.05) is 23.7 Å². The van der Waals surface area contributed by atoms with Gasteiger partial charge in [0.15, 0.2) is 0 Å². The van der Waals surface area contributed by atoms with Gasteiger partial charge in [0.05, 0.1) is 11.9 Å². The molecule has 2 rings (SSSR count). The molecule has 0 aliphatic heterocycles. The van der Waals surface area contributed by atoms with Gasteiger partial charge in [-0.2, -0.15) is 0 Å². The van der Waals surface area contributed by atoms with Crippen LogP contribution in [-0.4, -0.2) is 50.5 Å². The van der Waals surface area contributed by atoms with Gasteiger partial charge in [0, 0.05) is 13.1 Å². The van der Waals surface area contributed by atoms with Gasteiger partial charge in [-0.3, -0.25) is 13.9 Å². The highest BCUT2D eigenvalue weighted by Crippen LogP contribution is 2.22. The van der Waals surface area contributed by atoms with Crippen LogP contribution in [0.15, 0.2) is 42.5 Å². The van der Waals surface area contributed by atoms with Crippen molar-refractivity contribution in [3.8, 4) is 0 Å². The van der Waals surface area contributed by atoms with Crippen LogP contribution in [0.4, 0.5) is 5.69 Å². The highest BCUT2D eigenvalue weighted by Gasteiger charge is 2.30. The summed E-state index contributed by atoms with van der Waals surface area (Å²) in [7, 11) is -3.73. The molecule has 1 atom stereocenters. The normalized spacial score (nSPS) is 12.2. The molecule has 34 heavy (non-hydrogen) atoms. The van der Waals surface area contributed by atoms with Gasteiger partial charge in [-0.05, 0) is 62.9 Å². The molecular weight excluding hydrogens is 450 g/mol. The largest absolute Gasteiger partial charge is 0.354 e. The third-order valence-electron chi connectivity index (χ3n) is 5.89. The summed E-state index contributed by atoms with van der Waals surface area (Å²) in [5, 5.41) is 2.88. The van der Waals surface area contributed by atoms with E-state index in [1.54, 1.807) is 19.1 Å². The van der Waals surface area contributed by atoms with E-state index in [4.69, 9.17) is 0 Å². The smallest absolute Gasteiger partial charge is 0.244 e. The third-order valence-corrected chi connectivity index (χ3v) is 7.03. The van der Waals surface area contributed by atoms with E-state index in [9.17, 15) is 18.0 Å². The average molecular weight is 488 g/mol. The summed E-state index contributed by atoms with van der Waals surface area (Å²) in [6.45, 7) is 9.86. The molecule has 2 aromatic rings. The van der Waals surface area contributed by atoms with Crippen LogP contribution >= 0.6 is 0 Å². The van der Waals surface area contributed by atoms with Crippen LogP contribution in [0.2, 0.25) is 0 Å². The Hall–Kier alpha value is -2.87. The van der Waals surface area contributed by atoms with E-state index >= 15 is 0 Å². The van der Waals surface area contributed by atoms with Crippen LogP contribution in [0.25, 0.3) is 0 Å². The van der Waals surface area contributed by atoms with E-state index in [1.807, 2.05) is 58.0 Å². The first-order valence-electron chi connectivity index (χ1n) is 11.6. The topological polar surface area (TPSA) is 86.8 Å². The standard InChI is InChI=1S/C26H37N3O4S/c1-7-8-14-27-26(31)22(5)28(17-23-11-9-10-19(2)15-23)25(30)18-29(34(6,32)33)24-13-12-20(3)21(4)16-24/h9-13,15-16,22H,7-8,14,17-18H2,1-6H3,(H,27,31). The summed E-state index contributed by atoms with van der Waals surface area (Å²) < 4.78 is 26.4. The van der Waals surface area contributed by atoms with Crippen molar-refractivity contribution in [2.24, 2.45) is 0 Å². The Kier molecular flexibility index (Phi) is 9.67. The number of nitrogens with one attached hydrogen (secondary N) is 1. The fourth-order valence-corrected chi connectivity index (χ4v) is 4.46. The zero-order valence-electron chi connectivity index (χ0n) is 21.1. The molecule has 1 unspecified atom stereocenters. The second-order valence-electron chi connectivity index (χ2n) is 8.87. The summed E-state index contributed by atoms with van der Waals surface area (Å²) in [6.07, 6.45) is 2.88. The van der Waals surface area contributed by atoms with Crippen molar-refractivity contribution in [3.05, 3.63) is 64.7 Å². The first-order valence-corrected chi connectivity index (χ1v) is 13.5. The molecule has 0 fully saturated rings. The summed E-state index contributed by atoms with van der Waals surface area (Å²) >= 11 is 0. The summed E-state index contributed by atoms with van der Waals surface area (Å²) in [6, 6.07) is 12.2. The summed E-state index contributed by atoms with van der Waals surface area (Å²) in [5.41, 5.74) is 4.30. The van der Waals surface area contributed by atoms with Crippen LogP contribution in [0, 0.1) is 20.8 Å². The Labute approximate surface area is 204 Å². The number of carbonyl (C=O) groups excluding carboxylic acids is 2. The maximum atomic E-state index is 13.5. The third kappa shape index (κ3) is 7.58. The minimum atomic E-state index is -3.73. The molecule has 1 N–H and O–H groups in total. The van der Waals surface area contributed by atoms with Crippen molar-refractivity contribution in [1.29, 1.82) is 0 Å². The van der Waals surface area contributed by atoms with Crippen molar-refractivity contribution in [2.45, 2.75) is 60.0 Å². The van der Waals surface area contributed by atoms with Crippen LogP contribution < -0.4 is 9.62 Å². The van der Waals surface area contributed by atoms with E-state index in [1.165, 1.54) is 4.90 Å². The summed E-state index contributed by atoms with van der Waals surface area (Å²) in [4.78, 5) is 27.8. The lowest BCUT2D eigenvalue weighted by molar-refractivity contribution is -0.139. The second kappa shape index (κ2) is 12.0. The SMILES string of the molecule is CCCCNC(=O)C(C)N(Cc1cccc(C)c1)C(=O)CN(c1ccc(C)c(C)c1)S(C)(=O)=O. The molecule has 7 nitrogen and oxygen atoms in total. The Morgan fingerprint density at radius 3 is 2.32 bits per heavy atom. The van der Waals surface area contributed by atoms with Crippen LogP contribution in [0.3, 0.4) is 0 Å². The average Bonchev–Trinajstić information content (AvgIpc) is 2.76. The Morgan fingerprint density at radius 1 is 1.03 bits per heavy atom. The van der Waals surface area contributed by atoms with Crippen LogP contribution in [0.1, 0.15) is 48.9 Å². The van der Waals surface area contributed by atoms with Gasteiger partial charge in [-0.25, -0.2) is 8.42 Å². The van der Waals surface area contributed by atoms with Gasteiger partial charge in [-0.15, -0.1) is 0 Å². The molecule has 0 saturated heterocycles. The first kappa shape index (κ1) is 27.4. The number of unbranched alkanes of at least 4 members (excludes halogenated alkanes) is 1. The number of sulfonamides is 1. The number of hydrogen-bond acceptors (Lipinski definition) is 4. The number of hydrogen-bond donors (Lipinski definition) is 1. The van der Waals surface area contributed by atoms with Gasteiger partial charge in [0.25, 0.3) is 0 Å². The molecule has 0 saturated carbocycles. The Bertz CT molecular complexity index is 1110. The van der Waals surface area contributed by atoms with Gasteiger partial charge < -0.3 is 10.2 Å². The number of anilines is 1. The van der Waals surface area contributed by atoms with Gasteiger partial charge >= 0.3 is 0 Å². The zero-order valence-corrected chi connectivity index (χ0v) is 21.9. The Balaban J connectivity index is 2.37. The molecule has 0 heterocycles. The lowest BCUT2D eigenvalue weighted by Crippen LogP contribution is -2.51. The lowest BCUT2D eigenvalue weighted by Gasteiger charge is -2.31. The predicted molar refractivity (Wildman–Crippen MR) is 137 cm³/mol. The second-order valence-corrected chi connectivity index (χ2v) is 10.8. The predicted octanol–water partition coefficient (Wildman–Crippen LogP) is 3.71. The monoisotopic (exact) mass is 487 g/mol. The maximum Gasteiger partial charge on any atom is 0.244 e. The molecule has 186 valence electrons. The van der Waals surface area contributed by atoms with Gasteiger partial charge in [0.2, 0.25) is 21.8 Å². The van der Waals surface area contributed by atoms with E-state index in [-0.39, 0.29) is 19.0 Å². The number of carbonyl (C=O) groups is 2. The first-order chi connectivity index (χ1) is 15.9. The van der Waals surface area contributed by atoms with Gasteiger partial charge in [-0.1, -0.05) is 49.2 Å². The summed E-state index contributed by atoms with van der Waals surface area (Å²) in [5.74, 6) is -0.699. The molecule has 8 heteroatoms. The number of nitrogens with zero attached hydrogens (tertiary/aromatic N) is 2. The molecule has 0 aliphatic rings. The minimum absolute atomic E-state index is 0.202. The van der Waals surface area contributed by atoms with Crippen molar-refractivity contribution >= 4 is 27.5 Å². The quantitative estimate of drug-likeness (QED) is 0.490. The van der Waals surface area contributed by atoms with E-state index in [0.29, 0.717) is 12.2 Å². The number of rotatable bonds is 11. The molecule has 0 bridgehead atoms. The van der Waals surface area contributed by atoms with E-state index < -0.39 is 22.0 Å². The van der Waals surface area contributed by atoms with E-state index in [0.717, 1.165) is 45.7 Å². The van der Waals surface area contributed by atoms with Crippen molar-refractivity contribution in [1.82, 2.24) is 10.2 Å². The van der Waals surface area contributed by atoms with Crippen molar-refractivity contribution < 1.29 is 18.0 Å². The highest BCUT2D eigenvalue weighted by molar-refractivity contribution is 7.92. The number of aryl methyl sites for hydroxylation is 3. The number of benzene rings is 2. The fourth-order valence-electron chi connectivity index (χ4n) is 3.62. The zero-order chi connectivity index (χ0) is 25.5. The highest BCUT2D eigenvalue weighted by atomic mass is 32.2. The lowest BCUT2D eigenvalue weighted by atomic mass is 10.1. The molecule has 0 aromatic heterocycles. The molecule has 0 radical (unpaired) electrons. The Morgan fingerprint density at radius 2 is 1.74 bits per heavy atom.